The molecule has 10 N–H and O–H groups in total. The second-order valence-electron chi connectivity index (χ2n) is 36.7. The summed E-state index contributed by atoms with van der Waals surface area (Å²) in [5.41, 5.74) is 14.6. The number of fused-ring (bicyclic) bond motifs is 21. The molecule has 21 heteroatoms. The van der Waals surface area contributed by atoms with Crippen LogP contribution in [-0.4, -0.2) is 186 Å². The summed E-state index contributed by atoms with van der Waals surface area (Å²) in [6.45, 7) is 31.4. The molecule has 8 aromatic carbocycles. The fourth-order valence-corrected chi connectivity index (χ4v) is 21.7. The summed E-state index contributed by atoms with van der Waals surface area (Å²) in [5, 5.41) is 64.5. The molecular weight excluding hydrogens is 1490 g/mol. The number of phenols is 3. The Morgan fingerprint density at radius 2 is 0.805 bits per heavy atom. The van der Waals surface area contributed by atoms with E-state index in [1.165, 1.54) is 63.8 Å². The maximum Gasteiger partial charge on any atom is 0.220 e. The van der Waals surface area contributed by atoms with Gasteiger partial charge in [0.2, 0.25) is 5.91 Å². The number of aryl methyl sites for hydroxylation is 1. The molecule has 1 amide bonds. The van der Waals surface area contributed by atoms with Crippen molar-refractivity contribution < 1.29 is 68.2 Å². The van der Waals surface area contributed by atoms with Crippen LogP contribution in [0.15, 0.2) is 152 Å². The molecular formula is C97H121N7O14. The summed E-state index contributed by atoms with van der Waals surface area (Å²) < 4.78 is 46.2. The summed E-state index contributed by atoms with van der Waals surface area (Å²) in [6.07, 6.45) is 7.97. The van der Waals surface area contributed by atoms with Gasteiger partial charge in [0.25, 0.3) is 0 Å². The van der Waals surface area contributed by atoms with Gasteiger partial charge in [-0.3, -0.25) is 9.69 Å². The lowest BCUT2D eigenvalue weighted by molar-refractivity contribution is -0.134. The van der Waals surface area contributed by atoms with E-state index in [1.807, 2.05) is 47.4 Å². The van der Waals surface area contributed by atoms with E-state index < -0.39 is 0 Å². The summed E-state index contributed by atoms with van der Waals surface area (Å²) in [5.74, 6) is 11.7. The maximum atomic E-state index is 11.7. The predicted octanol–water partition coefficient (Wildman–Crippen LogP) is 14.1. The molecule has 0 radical (unpaired) electrons. The third-order valence-corrected chi connectivity index (χ3v) is 28.8. The van der Waals surface area contributed by atoms with Crippen LogP contribution in [0.25, 0.3) is 11.1 Å². The highest BCUT2D eigenvalue weighted by Gasteiger charge is 2.54. The molecule has 14 atom stereocenters. The Hall–Kier alpha value is -9.29. The number of phenolic OH excluding ortho intramolecular Hbond substituents is 3. The van der Waals surface area contributed by atoms with Gasteiger partial charge in [-0.2, -0.15) is 0 Å². The van der Waals surface area contributed by atoms with Crippen LogP contribution in [0.5, 0.6) is 63.2 Å². The quantitative estimate of drug-likeness (QED) is 0.0785. The highest BCUT2D eigenvalue weighted by molar-refractivity contribution is 5.75. The van der Waals surface area contributed by atoms with Crippen molar-refractivity contribution in [3.05, 3.63) is 207 Å². The number of hydrogen-bond acceptors (Lipinski definition) is 20. The van der Waals surface area contributed by atoms with Crippen LogP contribution in [0.1, 0.15) is 197 Å². The monoisotopic (exact) mass is 1610 g/mol. The van der Waals surface area contributed by atoms with Crippen molar-refractivity contribution in [1.82, 2.24) is 36.4 Å². The van der Waals surface area contributed by atoms with Gasteiger partial charge in [-0.1, -0.05) is 72.8 Å². The van der Waals surface area contributed by atoms with E-state index in [-0.39, 0.29) is 75.1 Å². The fourth-order valence-electron chi connectivity index (χ4n) is 21.7. The van der Waals surface area contributed by atoms with Crippen molar-refractivity contribution in [2.24, 2.45) is 0 Å². The number of amides is 1. The van der Waals surface area contributed by atoms with E-state index in [9.17, 15) is 30.3 Å². The second-order valence-corrected chi connectivity index (χ2v) is 36.7. The minimum atomic E-state index is -0.254. The maximum absolute atomic E-state index is 11.7. The molecule has 7 saturated heterocycles. The molecule has 7 fully saturated rings. The number of likely N-dealkylation sites (N-methyl/N-ethyl adjacent to an activating group) is 1. The number of nitrogens with one attached hydrogen (secondary N) is 5. The number of aliphatic hydroxyl groups excluding tert-OH is 2. The van der Waals surface area contributed by atoms with E-state index in [1.54, 1.807) is 50.4 Å². The van der Waals surface area contributed by atoms with Gasteiger partial charge in [0.1, 0.15) is 109 Å². The molecule has 21 nitrogen and oxygen atoms in total. The minimum absolute atomic E-state index is 0.00100. The SMILES string of the molecule is CC(=O)N1CC[C@H]2c3ccc(O)cc3OC[C@]21C.CN1CC[C@H]2c3ccc(O)cc3OC[C@]21C.COc1cc(CO)cc2c1[C@@H]1CCN[C@]1(C)CO2.C[C@@]12COc3cc(O)ccc3[C@@H]1CCN2.C[C@@]12COc3ccc(-c4ccccc4)cc3[C@@H]1CCN2.C[C@@]12COc3ccc(CO)cc3[C@@H]1CCN2.Cc1ccc2c(c1)OC[C@@]1(C)NCC[C@@H]21. The Labute approximate surface area is 695 Å². The Morgan fingerprint density at radius 3 is 1.31 bits per heavy atom. The van der Waals surface area contributed by atoms with Crippen molar-refractivity contribution in [2.75, 3.05) is 106 Å². The molecule has 14 aliphatic rings. The number of ether oxygens (including phenoxy) is 8. The minimum Gasteiger partial charge on any atom is -0.508 e. The van der Waals surface area contributed by atoms with Crippen LogP contribution in [0.2, 0.25) is 0 Å². The number of rotatable bonds is 4. The van der Waals surface area contributed by atoms with E-state index in [2.05, 4.69) is 167 Å². The van der Waals surface area contributed by atoms with E-state index >= 15 is 0 Å². The third-order valence-electron chi connectivity index (χ3n) is 28.8. The molecule has 22 rings (SSSR count). The van der Waals surface area contributed by atoms with Crippen molar-refractivity contribution >= 4 is 5.91 Å². The van der Waals surface area contributed by atoms with E-state index in [0.717, 1.165) is 160 Å². The normalized spacial score (nSPS) is 30.8. The summed E-state index contributed by atoms with van der Waals surface area (Å²) in [6, 6.07) is 49.8. The van der Waals surface area contributed by atoms with Gasteiger partial charge < -0.3 is 94.9 Å². The first-order valence-corrected chi connectivity index (χ1v) is 42.7. The van der Waals surface area contributed by atoms with Gasteiger partial charge in [-0.25, -0.2) is 0 Å². The molecule has 0 spiro atoms. The van der Waals surface area contributed by atoms with Crippen LogP contribution in [-0.2, 0) is 18.0 Å². The summed E-state index contributed by atoms with van der Waals surface area (Å²) >= 11 is 0. The van der Waals surface area contributed by atoms with Crippen molar-refractivity contribution in [2.45, 2.75) is 201 Å². The topological polar surface area (TPSA) is 259 Å². The first-order valence-electron chi connectivity index (χ1n) is 42.7. The second kappa shape index (κ2) is 33.0. The highest BCUT2D eigenvalue weighted by atomic mass is 16.5. The lowest BCUT2D eigenvalue weighted by Gasteiger charge is -2.42. The zero-order valence-corrected chi connectivity index (χ0v) is 70.5. The molecule has 0 unspecified atom stereocenters. The number of benzene rings is 8. The first kappa shape index (κ1) is 82.4. The lowest BCUT2D eigenvalue weighted by atomic mass is 9.79. The standard InChI is InChI=1S/C18H19NO.C14H19NO3.C14H17NO3.2C13H17NO2.C13H17NO.C12H15NO2/c1-18-12-20-17-8-7-14(13-5-3-2-4-6-13)11-15(17)16(18)9-10-19-18;1-14-8-18-12-6-9(7-16)5-11(17-2)13(12)10(14)3-4-15-14;1-9(16)15-6-5-12-11-4-3-10(17)7-13(11)18-8-14(12,15)2;1-13-8-16-12-7-9(15)3-4-10(12)11(13)5-6-14(13)2;1-13-8-16-12-3-2-9(7-15)6-10(12)11(13)4-5-14-13;1-9-3-4-10-11-5-6-14-13(11,2)8-15-12(10)7-9;1-12-7-15-11-6-8(14)2-3-9(11)10(12)4-5-13-12/h2-8,11,16,19H,9-10,12H2,1H3;5-6,10,15-16H,3-4,7-8H2,1-2H3;3-4,7,12,17H,5-6,8H2,1-2H3;3-4,7,11,15H,5-6,8H2,1-2H3;2-3,6,11,14-15H,4-5,7-8H2,1H3;3-4,7,11,14H,5-6,8H2,1-2H3;2-3,6,10,13-14H,4-5,7H2,1H3/t16-,18+;10-,14+;12-,14+;3*11-,13+;10-,12+/m0000000/s1. The Kier molecular flexibility index (Phi) is 23.1. The molecule has 0 aromatic heterocycles. The number of aliphatic hydroxyl groups is 2. The van der Waals surface area contributed by atoms with Crippen LogP contribution >= 0.6 is 0 Å². The first-order chi connectivity index (χ1) is 56.7. The molecule has 14 heterocycles. The number of nitrogens with zero attached hydrogens (tertiary/aromatic N) is 2. The Bertz CT molecular complexity index is 4900. The number of likely N-dealkylation sites (tertiary alicyclic amines) is 2. The number of carbonyl (C=O) groups is 1. The van der Waals surface area contributed by atoms with Crippen molar-refractivity contribution in [1.29, 1.82) is 0 Å². The third kappa shape index (κ3) is 15.7. The average molecular weight is 1610 g/mol. The molecule has 0 saturated carbocycles. The summed E-state index contributed by atoms with van der Waals surface area (Å²) in [4.78, 5) is 16.0. The van der Waals surface area contributed by atoms with Crippen molar-refractivity contribution in [3.8, 4) is 74.4 Å². The van der Waals surface area contributed by atoms with Gasteiger partial charge in [-0.15, -0.1) is 0 Å². The van der Waals surface area contributed by atoms with Crippen LogP contribution < -0.4 is 64.5 Å². The van der Waals surface area contributed by atoms with Gasteiger partial charge >= 0.3 is 0 Å². The van der Waals surface area contributed by atoms with Crippen LogP contribution in [0.4, 0.5) is 0 Å². The number of methoxy groups -OCH3 is 1. The van der Waals surface area contributed by atoms with Gasteiger partial charge in [-0.05, 0) is 263 Å². The molecule has 628 valence electrons. The van der Waals surface area contributed by atoms with E-state index in [0.29, 0.717) is 67.9 Å². The predicted molar refractivity (Wildman–Crippen MR) is 457 cm³/mol. The smallest absolute Gasteiger partial charge is 0.220 e. The number of hydrogen-bond donors (Lipinski definition) is 10. The fraction of sp³-hybridized carbons (Fsp3) is 0.495. The number of carbonyl (C=O) groups excluding carboxylic acids is 1. The van der Waals surface area contributed by atoms with Crippen molar-refractivity contribution in [3.63, 3.8) is 0 Å². The molecule has 0 bridgehead atoms. The van der Waals surface area contributed by atoms with Gasteiger partial charge in [0.05, 0.1) is 59.1 Å². The average Bonchev–Trinajstić information content (AvgIpc) is 1.56. The Balaban J connectivity index is 0.000000103. The van der Waals surface area contributed by atoms with E-state index in [4.69, 9.17) is 37.9 Å². The van der Waals surface area contributed by atoms with Crippen LogP contribution in [0.3, 0.4) is 0 Å². The Morgan fingerprint density at radius 1 is 0.398 bits per heavy atom. The molecule has 8 aromatic rings. The molecule has 0 aliphatic carbocycles. The molecule has 14 aliphatic heterocycles. The van der Waals surface area contributed by atoms with Crippen LogP contribution in [0, 0.1) is 6.92 Å². The van der Waals surface area contributed by atoms with Gasteiger partial charge in [0, 0.05) is 84.2 Å². The summed E-state index contributed by atoms with van der Waals surface area (Å²) in [7, 11) is 3.83. The zero-order valence-electron chi connectivity index (χ0n) is 70.5. The molecule has 118 heavy (non-hydrogen) atoms. The number of aromatic hydroxyl groups is 3. The largest absolute Gasteiger partial charge is 0.508 e. The zero-order chi connectivity index (χ0) is 82.7. The van der Waals surface area contributed by atoms with Gasteiger partial charge in [0.15, 0.2) is 0 Å². The lowest BCUT2D eigenvalue weighted by Crippen LogP contribution is -2.52. The highest BCUT2D eigenvalue weighted by Crippen LogP contribution is 2.54.